The first-order valence-corrected chi connectivity index (χ1v) is 8.04. The van der Waals surface area contributed by atoms with Crippen molar-refractivity contribution in [1.29, 1.82) is 0 Å². The van der Waals surface area contributed by atoms with Crippen molar-refractivity contribution >= 4 is 5.91 Å². The Kier molecular flexibility index (Phi) is 4.79. The molecule has 0 aromatic heterocycles. The Morgan fingerprint density at radius 1 is 1.04 bits per heavy atom. The fraction of sp³-hybridized carbons (Fsp3) is 0.316. The third kappa shape index (κ3) is 4.38. The van der Waals surface area contributed by atoms with Gasteiger partial charge in [0.2, 0.25) is 5.91 Å². The van der Waals surface area contributed by atoms with Crippen LogP contribution in [0.3, 0.4) is 0 Å². The molecule has 0 spiro atoms. The summed E-state index contributed by atoms with van der Waals surface area (Å²) in [5.41, 5.74) is 1.00. The molecule has 0 bridgehead atoms. The first-order chi connectivity index (χ1) is 11.8. The second kappa shape index (κ2) is 6.86. The second-order valence-corrected chi connectivity index (χ2v) is 6.24. The molecule has 1 amide bonds. The van der Waals surface area contributed by atoms with E-state index >= 15 is 0 Å². The minimum atomic E-state index is -4.35. The lowest BCUT2D eigenvalue weighted by Gasteiger charge is -2.08. The lowest BCUT2D eigenvalue weighted by Crippen LogP contribution is -2.27. The fourth-order valence-corrected chi connectivity index (χ4v) is 2.88. The molecule has 1 N–H and O–H groups in total. The predicted octanol–water partition coefficient (Wildman–Crippen LogP) is 4.31. The van der Waals surface area contributed by atoms with Gasteiger partial charge in [-0.2, -0.15) is 13.2 Å². The highest BCUT2D eigenvalue weighted by Gasteiger charge is 2.44. The average molecular weight is 351 g/mol. The smallest absolute Gasteiger partial charge is 0.356 e. The van der Waals surface area contributed by atoms with Crippen LogP contribution < -0.4 is 5.32 Å². The number of rotatable bonds is 5. The highest BCUT2D eigenvalue weighted by molar-refractivity contribution is 5.82. The third-order valence-electron chi connectivity index (χ3n) is 4.42. The van der Waals surface area contributed by atoms with Crippen molar-refractivity contribution in [3.05, 3.63) is 71.0 Å². The van der Waals surface area contributed by atoms with Crippen LogP contribution in [-0.2, 0) is 17.4 Å². The van der Waals surface area contributed by atoms with Gasteiger partial charge in [-0.1, -0.05) is 24.3 Å². The number of alkyl halides is 3. The number of nitrogens with one attached hydrogen (secondary N) is 1. The van der Waals surface area contributed by atoms with E-state index in [-0.39, 0.29) is 23.6 Å². The molecule has 25 heavy (non-hydrogen) atoms. The van der Waals surface area contributed by atoms with Crippen LogP contribution in [0.2, 0.25) is 0 Å². The molecule has 2 aromatic carbocycles. The van der Waals surface area contributed by atoms with Crippen molar-refractivity contribution in [3.8, 4) is 0 Å². The molecule has 2 aromatic rings. The van der Waals surface area contributed by atoms with Crippen LogP contribution >= 0.6 is 0 Å². The van der Waals surface area contributed by atoms with E-state index in [9.17, 15) is 22.4 Å². The zero-order chi connectivity index (χ0) is 18.0. The lowest BCUT2D eigenvalue weighted by atomic mass is 10.1. The van der Waals surface area contributed by atoms with Crippen molar-refractivity contribution < 1.29 is 22.4 Å². The molecule has 1 fully saturated rings. The number of benzene rings is 2. The van der Waals surface area contributed by atoms with Crippen molar-refractivity contribution in [2.24, 2.45) is 5.92 Å². The molecule has 3 rings (SSSR count). The Hall–Kier alpha value is -2.37. The Morgan fingerprint density at radius 3 is 2.28 bits per heavy atom. The second-order valence-electron chi connectivity index (χ2n) is 6.24. The number of carbonyl (C=O) groups excluding carboxylic acids is 1. The maximum absolute atomic E-state index is 12.8. The number of hydrogen-bond donors (Lipinski definition) is 1. The van der Waals surface area contributed by atoms with Gasteiger partial charge in [0.25, 0.3) is 0 Å². The molecule has 1 aliphatic rings. The summed E-state index contributed by atoms with van der Waals surface area (Å²) in [6.07, 6.45) is -3.10. The molecule has 0 aliphatic heterocycles. The van der Waals surface area contributed by atoms with Gasteiger partial charge < -0.3 is 5.32 Å². The number of carbonyl (C=O) groups is 1. The molecular formula is C19H17F4NO. The summed E-state index contributed by atoms with van der Waals surface area (Å²) in [5.74, 6) is -0.602. The zero-order valence-electron chi connectivity index (χ0n) is 13.3. The maximum Gasteiger partial charge on any atom is 0.416 e. The SMILES string of the molecule is O=C(NCCc1ccc(F)cc1)C1CC1c1ccc(C(F)(F)F)cc1. The number of halogens is 4. The Bertz CT molecular complexity index is 738. The summed E-state index contributed by atoms with van der Waals surface area (Å²) < 4.78 is 50.5. The van der Waals surface area contributed by atoms with E-state index in [1.165, 1.54) is 24.3 Å². The van der Waals surface area contributed by atoms with Crippen LogP contribution in [0.25, 0.3) is 0 Å². The molecular weight excluding hydrogens is 334 g/mol. The monoisotopic (exact) mass is 351 g/mol. The van der Waals surface area contributed by atoms with E-state index in [0.717, 1.165) is 23.3 Å². The average Bonchev–Trinajstić information content (AvgIpc) is 3.37. The lowest BCUT2D eigenvalue weighted by molar-refractivity contribution is -0.137. The maximum atomic E-state index is 12.8. The Labute approximate surface area is 142 Å². The Morgan fingerprint density at radius 2 is 1.68 bits per heavy atom. The molecule has 132 valence electrons. The van der Waals surface area contributed by atoms with Gasteiger partial charge in [-0.15, -0.1) is 0 Å². The standard InChI is InChI=1S/C19H17F4NO/c20-15-7-1-12(2-8-15)9-10-24-18(25)17-11-16(17)13-3-5-14(6-4-13)19(21,22)23/h1-8,16-17H,9-11H2,(H,24,25). The van der Waals surface area contributed by atoms with Gasteiger partial charge in [0.1, 0.15) is 5.82 Å². The van der Waals surface area contributed by atoms with Crippen molar-refractivity contribution in [2.75, 3.05) is 6.54 Å². The predicted molar refractivity (Wildman–Crippen MR) is 85.4 cm³/mol. The van der Waals surface area contributed by atoms with E-state index in [0.29, 0.717) is 19.4 Å². The van der Waals surface area contributed by atoms with Gasteiger partial charge in [-0.3, -0.25) is 4.79 Å². The van der Waals surface area contributed by atoms with Gasteiger partial charge in [-0.05, 0) is 54.2 Å². The molecule has 1 saturated carbocycles. The Balaban J connectivity index is 1.48. The van der Waals surface area contributed by atoms with Gasteiger partial charge in [0.05, 0.1) is 5.56 Å². The van der Waals surface area contributed by atoms with Crippen LogP contribution in [-0.4, -0.2) is 12.5 Å². The van der Waals surface area contributed by atoms with Gasteiger partial charge in [-0.25, -0.2) is 4.39 Å². The molecule has 2 nitrogen and oxygen atoms in total. The highest BCUT2D eigenvalue weighted by Crippen LogP contribution is 2.47. The van der Waals surface area contributed by atoms with Crippen LogP contribution in [0.4, 0.5) is 17.6 Å². The van der Waals surface area contributed by atoms with Gasteiger partial charge in [0.15, 0.2) is 0 Å². The summed E-state index contributed by atoms with van der Waals surface area (Å²) >= 11 is 0. The van der Waals surface area contributed by atoms with Crippen molar-refractivity contribution in [2.45, 2.75) is 24.9 Å². The third-order valence-corrected chi connectivity index (χ3v) is 4.42. The molecule has 1 aliphatic carbocycles. The van der Waals surface area contributed by atoms with E-state index in [2.05, 4.69) is 5.32 Å². The van der Waals surface area contributed by atoms with E-state index in [1.807, 2.05) is 0 Å². The molecule has 0 saturated heterocycles. The zero-order valence-corrected chi connectivity index (χ0v) is 13.3. The van der Waals surface area contributed by atoms with Gasteiger partial charge >= 0.3 is 6.18 Å². The molecule has 0 radical (unpaired) electrons. The van der Waals surface area contributed by atoms with E-state index in [1.54, 1.807) is 12.1 Å². The van der Waals surface area contributed by atoms with Crippen LogP contribution in [0.15, 0.2) is 48.5 Å². The van der Waals surface area contributed by atoms with E-state index < -0.39 is 11.7 Å². The first-order valence-electron chi connectivity index (χ1n) is 8.04. The minimum absolute atomic E-state index is 0.0203. The quantitative estimate of drug-likeness (QED) is 0.800. The van der Waals surface area contributed by atoms with E-state index in [4.69, 9.17) is 0 Å². The first kappa shape index (κ1) is 17.5. The van der Waals surface area contributed by atoms with Crippen LogP contribution in [0, 0.1) is 11.7 Å². The molecule has 2 unspecified atom stereocenters. The van der Waals surface area contributed by atoms with Gasteiger partial charge in [0, 0.05) is 12.5 Å². The van der Waals surface area contributed by atoms with Crippen molar-refractivity contribution in [3.63, 3.8) is 0 Å². The normalized spacial score (nSPS) is 19.5. The highest BCUT2D eigenvalue weighted by atomic mass is 19.4. The minimum Gasteiger partial charge on any atom is -0.356 e. The molecule has 6 heteroatoms. The summed E-state index contributed by atoms with van der Waals surface area (Å²) in [4.78, 5) is 12.1. The van der Waals surface area contributed by atoms with Crippen LogP contribution in [0.5, 0.6) is 0 Å². The molecule has 0 heterocycles. The summed E-state index contributed by atoms with van der Waals surface area (Å²) in [6.45, 7) is 0.445. The largest absolute Gasteiger partial charge is 0.416 e. The summed E-state index contributed by atoms with van der Waals surface area (Å²) in [7, 11) is 0. The summed E-state index contributed by atoms with van der Waals surface area (Å²) in [5, 5.41) is 2.83. The van der Waals surface area contributed by atoms with Crippen LogP contribution in [0.1, 0.15) is 29.0 Å². The topological polar surface area (TPSA) is 29.1 Å². The number of hydrogen-bond acceptors (Lipinski definition) is 1. The summed E-state index contributed by atoms with van der Waals surface area (Å²) in [6, 6.07) is 11.1. The fourth-order valence-electron chi connectivity index (χ4n) is 2.88. The van der Waals surface area contributed by atoms with Crippen molar-refractivity contribution in [1.82, 2.24) is 5.32 Å². The molecule has 2 atom stereocenters. The number of amides is 1.